The maximum Gasteiger partial charge on any atom is 0.241 e. The molecule has 92 valence electrons. The molecular formula is C11H22N4O. The third-order valence-electron chi connectivity index (χ3n) is 2.45. The number of carbonyl (C=O) groups is 1. The van der Waals surface area contributed by atoms with Crippen LogP contribution in [0.3, 0.4) is 0 Å². The smallest absolute Gasteiger partial charge is 0.241 e. The van der Waals surface area contributed by atoms with Crippen LogP contribution in [0.5, 0.6) is 0 Å². The Morgan fingerprint density at radius 2 is 1.81 bits per heavy atom. The van der Waals surface area contributed by atoms with Gasteiger partial charge in [-0.05, 0) is 18.8 Å². The second-order valence-corrected chi connectivity index (χ2v) is 4.65. The molecule has 0 radical (unpaired) electrons. The average molecular weight is 226 g/mol. The van der Waals surface area contributed by atoms with Crippen LogP contribution in [0, 0.1) is 5.92 Å². The van der Waals surface area contributed by atoms with Crippen molar-refractivity contribution in [2.75, 3.05) is 41.3 Å². The second kappa shape index (κ2) is 5.72. The summed E-state index contributed by atoms with van der Waals surface area (Å²) in [7, 11) is 7.67. The lowest BCUT2D eigenvalue weighted by Crippen LogP contribution is -2.37. The van der Waals surface area contributed by atoms with E-state index in [1.54, 1.807) is 0 Å². The molecule has 0 saturated heterocycles. The minimum absolute atomic E-state index is 0.00750. The van der Waals surface area contributed by atoms with E-state index in [0.29, 0.717) is 0 Å². The molecule has 0 aliphatic heterocycles. The summed E-state index contributed by atoms with van der Waals surface area (Å²) in [6.07, 6.45) is 2.51. The van der Waals surface area contributed by atoms with Gasteiger partial charge in [-0.2, -0.15) is 0 Å². The van der Waals surface area contributed by atoms with E-state index in [4.69, 9.17) is 0 Å². The normalized spacial score (nSPS) is 14.2. The van der Waals surface area contributed by atoms with Gasteiger partial charge in [0.15, 0.2) is 5.96 Å². The molecule has 0 atom stereocenters. The molecule has 1 fully saturated rings. The third kappa shape index (κ3) is 4.51. The lowest BCUT2D eigenvalue weighted by Gasteiger charge is -2.22. The number of hydrogen-bond acceptors (Lipinski definition) is 2. The zero-order chi connectivity index (χ0) is 12.1. The molecule has 1 aliphatic carbocycles. The van der Waals surface area contributed by atoms with Gasteiger partial charge in [0.2, 0.25) is 5.91 Å². The van der Waals surface area contributed by atoms with Crippen molar-refractivity contribution in [3.8, 4) is 0 Å². The predicted molar refractivity (Wildman–Crippen MR) is 65.4 cm³/mol. The van der Waals surface area contributed by atoms with E-state index in [0.717, 1.165) is 18.4 Å². The summed E-state index contributed by atoms with van der Waals surface area (Å²) in [4.78, 5) is 19.5. The molecule has 0 spiro atoms. The van der Waals surface area contributed by atoms with Gasteiger partial charge in [0.05, 0.1) is 0 Å². The van der Waals surface area contributed by atoms with Gasteiger partial charge >= 0.3 is 0 Å². The third-order valence-corrected chi connectivity index (χ3v) is 2.45. The molecule has 5 heteroatoms. The number of nitrogens with one attached hydrogen (secondary N) is 1. The van der Waals surface area contributed by atoms with Crippen molar-refractivity contribution in [2.24, 2.45) is 10.9 Å². The zero-order valence-electron chi connectivity index (χ0n) is 10.7. The van der Waals surface area contributed by atoms with Crippen LogP contribution in [0.15, 0.2) is 4.99 Å². The van der Waals surface area contributed by atoms with Crippen LogP contribution in [-0.2, 0) is 4.79 Å². The van der Waals surface area contributed by atoms with Gasteiger partial charge in [-0.3, -0.25) is 4.79 Å². The van der Waals surface area contributed by atoms with Gasteiger partial charge in [-0.15, -0.1) is 0 Å². The number of amides is 1. The second-order valence-electron chi connectivity index (χ2n) is 4.65. The van der Waals surface area contributed by atoms with E-state index in [1.807, 2.05) is 38.0 Å². The molecule has 1 rings (SSSR count). The highest BCUT2D eigenvalue weighted by molar-refractivity contribution is 5.84. The van der Waals surface area contributed by atoms with Crippen LogP contribution in [0.4, 0.5) is 0 Å². The molecule has 0 heterocycles. The van der Waals surface area contributed by atoms with Crippen LogP contribution < -0.4 is 5.32 Å². The van der Waals surface area contributed by atoms with Gasteiger partial charge in [0, 0.05) is 34.7 Å². The number of nitrogens with zero attached hydrogens (tertiary/aromatic N) is 3. The largest absolute Gasteiger partial charge is 0.354 e. The topological polar surface area (TPSA) is 47.9 Å². The number of hydrogen-bond donors (Lipinski definition) is 1. The molecule has 0 aromatic rings. The van der Waals surface area contributed by atoms with E-state index in [1.165, 1.54) is 12.8 Å². The van der Waals surface area contributed by atoms with Crippen molar-refractivity contribution >= 4 is 11.9 Å². The SMILES string of the molecule is CN(C)C(=NCC(=O)NCC1CC1)N(C)C. The van der Waals surface area contributed by atoms with Gasteiger partial charge in [-0.1, -0.05) is 0 Å². The molecule has 5 nitrogen and oxygen atoms in total. The number of rotatable bonds is 4. The predicted octanol–water partition coefficient (Wildman–Crippen LogP) is -0.00820. The maximum absolute atomic E-state index is 11.5. The Morgan fingerprint density at radius 3 is 2.25 bits per heavy atom. The van der Waals surface area contributed by atoms with Crippen molar-refractivity contribution in [3.63, 3.8) is 0 Å². The molecule has 0 bridgehead atoms. The Bertz CT molecular complexity index is 259. The van der Waals surface area contributed by atoms with Crippen LogP contribution >= 0.6 is 0 Å². The monoisotopic (exact) mass is 226 g/mol. The van der Waals surface area contributed by atoms with Crippen molar-refractivity contribution < 1.29 is 4.79 Å². The fraction of sp³-hybridized carbons (Fsp3) is 0.818. The molecule has 1 N–H and O–H groups in total. The first-order valence-corrected chi connectivity index (χ1v) is 5.66. The summed E-state index contributed by atoms with van der Waals surface area (Å²) in [6.45, 7) is 1.02. The zero-order valence-corrected chi connectivity index (χ0v) is 10.7. The Labute approximate surface area is 97.5 Å². The highest BCUT2D eigenvalue weighted by atomic mass is 16.1. The molecular weight excluding hydrogens is 204 g/mol. The average Bonchev–Trinajstić information content (AvgIpc) is 2.97. The molecule has 1 saturated carbocycles. The quantitative estimate of drug-likeness (QED) is 0.542. The van der Waals surface area contributed by atoms with Gasteiger partial charge in [0.25, 0.3) is 0 Å². The van der Waals surface area contributed by atoms with E-state index in [9.17, 15) is 4.79 Å². The van der Waals surface area contributed by atoms with Crippen LogP contribution in [0.25, 0.3) is 0 Å². The van der Waals surface area contributed by atoms with Crippen molar-refractivity contribution in [3.05, 3.63) is 0 Å². The lowest BCUT2D eigenvalue weighted by atomic mass is 10.4. The molecule has 0 aromatic heterocycles. The first-order chi connectivity index (χ1) is 7.50. The standard InChI is InChI=1S/C11H22N4O/c1-14(2)11(15(3)4)13-8-10(16)12-7-9-5-6-9/h9H,5-8H2,1-4H3,(H,12,16). The van der Waals surface area contributed by atoms with Gasteiger partial charge in [-0.25, -0.2) is 4.99 Å². The summed E-state index contributed by atoms with van der Waals surface area (Å²) in [6, 6.07) is 0. The summed E-state index contributed by atoms with van der Waals surface area (Å²) in [5, 5.41) is 2.89. The van der Waals surface area contributed by atoms with Crippen molar-refractivity contribution in [1.29, 1.82) is 0 Å². The minimum Gasteiger partial charge on any atom is -0.354 e. The fourth-order valence-corrected chi connectivity index (χ4v) is 1.46. The lowest BCUT2D eigenvalue weighted by molar-refractivity contribution is -0.119. The number of aliphatic imine (C=N–C) groups is 1. The molecule has 0 unspecified atom stereocenters. The molecule has 16 heavy (non-hydrogen) atoms. The highest BCUT2D eigenvalue weighted by Crippen LogP contribution is 2.27. The summed E-state index contributed by atoms with van der Waals surface area (Å²) >= 11 is 0. The molecule has 1 amide bonds. The van der Waals surface area contributed by atoms with Crippen molar-refractivity contribution in [2.45, 2.75) is 12.8 Å². The Morgan fingerprint density at radius 1 is 1.25 bits per heavy atom. The van der Waals surface area contributed by atoms with E-state index < -0.39 is 0 Å². The van der Waals surface area contributed by atoms with Crippen LogP contribution in [-0.4, -0.2) is 62.9 Å². The van der Waals surface area contributed by atoms with E-state index in [-0.39, 0.29) is 12.5 Å². The van der Waals surface area contributed by atoms with Crippen LogP contribution in [0.2, 0.25) is 0 Å². The number of guanidine groups is 1. The minimum atomic E-state index is 0.00750. The Kier molecular flexibility index (Phi) is 4.58. The maximum atomic E-state index is 11.5. The van der Waals surface area contributed by atoms with Gasteiger partial charge < -0.3 is 15.1 Å². The first-order valence-electron chi connectivity index (χ1n) is 5.66. The van der Waals surface area contributed by atoms with E-state index in [2.05, 4.69) is 10.3 Å². The van der Waals surface area contributed by atoms with Gasteiger partial charge in [0.1, 0.15) is 6.54 Å². The number of carbonyl (C=O) groups excluding carboxylic acids is 1. The molecule has 0 aromatic carbocycles. The molecule has 1 aliphatic rings. The van der Waals surface area contributed by atoms with Crippen molar-refractivity contribution in [1.82, 2.24) is 15.1 Å². The van der Waals surface area contributed by atoms with Crippen LogP contribution in [0.1, 0.15) is 12.8 Å². The fourth-order valence-electron chi connectivity index (χ4n) is 1.46. The van der Waals surface area contributed by atoms with E-state index >= 15 is 0 Å². The summed E-state index contributed by atoms with van der Waals surface area (Å²) < 4.78 is 0. The summed E-state index contributed by atoms with van der Waals surface area (Å²) in [5.41, 5.74) is 0. The summed E-state index contributed by atoms with van der Waals surface area (Å²) in [5.74, 6) is 1.53. The highest BCUT2D eigenvalue weighted by Gasteiger charge is 2.21. The first kappa shape index (κ1) is 12.8. The Hall–Kier alpha value is -1.26. The Balaban J connectivity index is 2.32.